The molecule has 21 heavy (non-hydrogen) atoms. The Hall–Kier alpha value is -2.21. The second-order valence-electron chi connectivity index (χ2n) is 5.03. The zero-order valence-electron chi connectivity index (χ0n) is 11.5. The van der Waals surface area contributed by atoms with E-state index in [0.29, 0.717) is 23.1 Å². The van der Waals surface area contributed by atoms with Crippen molar-refractivity contribution in [1.29, 1.82) is 0 Å². The molecule has 6 nitrogen and oxygen atoms in total. The smallest absolute Gasteiger partial charge is 0.258 e. The lowest BCUT2D eigenvalue weighted by atomic mass is 10.2. The van der Waals surface area contributed by atoms with Crippen molar-refractivity contribution >= 4 is 23.1 Å². The largest absolute Gasteiger partial charge is 0.360 e. The summed E-state index contributed by atoms with van der Waals surface area (Å²) in [6.07, 6.45) is 3.60. The molecule has 2 aromatic rings. The lowest BCUT2D eigenvalue weighted by Crippen LogP contribution is -2.31. The minimum Gasteiger partial charge on any atom is -0.258 e. The van der Waals surface area contributed by atoms with Crippen LogP contribution in [0.1, 0.15) is 11.1 Å². The number of hydrogen-bond donors (Lipinski definition) is 0. The lowest BCUT2D eigenvalue weighted by molar-refractivity contribution is -0.673. The minimum absolute atomic E-state index is 0.178. The summed E-state index contributed by atoms with van der Waals surface area (Å²) in [5.74, 6) is 0.662. The van der Waals surface area contributed by atoms with Gasteiger partial charge in [0.1, 0.15) is 24.8 Å². The molecule has 0 N–H and O–H groups in total. The van der Waals surface area contributed by atoms with Crippen molar-refractivity contribution < 1.29 is 9.49 Å². The van der Waals surface area contributed by atoms with Gasteiger partial charge in [0.25, 0.3) is 0 Å². The van der Waals surface area contributed by atoms with Crippen LogP contribution in [0, 0.1) is 17.0 Å². The molecule has 0 spiro atoms. The van der Waals surface area contributed by atoms with E-state index in [1.54, 1.807) is 25.3 Å². The Morgan fingerprint density at radius 3 is 2.95 bits per heavy atom. The average Bonchev–Trinajstić information content (AvgIpc) is 2.84. The highest BCUT2D eigenvalue weighted by Gasteiger charge is 2.37. The Morgan fingerprint density at radius 1 is 1.48 bits per heavy atom. The highest BCUT2D eigenvalue weighted by atomic mass is 35.5. The van der Waals surface area contributed by atoms with Gasteiger partial charge in [0.05, 0.1) is 11.1 Å². The zero-order chi connectivity index (χ0) is 15.0. The molecule has 0 aliphatic carbocycles. The number of aromatic nitrogens is 2. The van der Waals surface area contributed by atoms with Crippen LogP contribution in [0.15, 0.2) is 30.6 Å². The van der Waals surface area contributed by atoms with Gasteiger partial charge >= 0.3 is 11.5 Å². The first-order valence-electron chi connectivity index (χ1n) is 6.59. The molecule has 1 aliphatic heterocycles. The van der Waals surface area contributed by atoms with Gasteiger partial charge in [-0.3, -0.25) is 10.1 Å². The van der Waals surface area contributed by atoms with Crippen molar-refractivity contribution in [3.8, 4) is 0 Å². The number of hydrogen-bond acceptors (Lipinski definition) is 4. The van der Waals surface area contributed by atoms with Crippen molar-refractivity contribution in [1.82, 2.24) is 4.98 Å². The van der Waals surface area contributed by atoms with Crippen molar-refractivity contribution in [3.63, 3.8) is 0 Å². The molecule has 0 saturated carbocycles. The number of halogens is 1. The summed E-state index contributed by atoms with van der Waals surface area (Å²) in [6, 6.07) is 5.40. The molecular formula is C14H14ClN4O2+. The number of nitrogens with zero attached hydrogens (tertiary/aromatic N) is 4. The van der Waals surface area contributed by atoms with E-state index in [1.807, 2.05) is 21.7 Å². The van der Waals surface area contributed by atoms with Gasteiger partial charge in [0.15, 0.2) is 0 Å². The van der Waals surface area contributed by atoms with Gasteiger partial charge in [0.2, 0.25) is 0 Å². The van der Waals surface area contributed by atoms with Gasteiger partial charge in [-0.15, -0.1) is 0 Å². The van der Waals surface area contributed by atoms with Crippen LogP contribution < -0.4 is 9.47 Å². The Bertz CT molecular complexity index is 703. The molecule has 0 bridgehead atoms. The van der Waals surface area contributed by atoms with Crippen molar-refractivity contribution in [2.45, 2.75) is 20.0 Å². The van der Waals surface area contributed by atoms with Crippen molar-refractivity contribution in [2.24, 2.45) is 0 Å². The van der Waals surface area contributed by atoms with E-state index < -0.39 is 0 Å². The molecule has 3 rings (SSSR count). The fourth-order valence-corrected chi connectivity index (χ4v) is 2.72. The van der Waals surface area contributed by atoms with Crippen LogP contribution in [-0.4, -0.2) is 16.5 Å². The van der Waals surface area contributed by atoms with Gasteiger partial charge in [-0.25, -0.2) is 14.5 Å². The summed E-state index contributed by atoms with van der Waals surface area (Å²) in [5.41, 5.74) is 1.83. The van der Waals surface area contributed by atoms with Crippen LogP contribution in [0.4, 0.5) is 11.5 Å². The minimum atomic E-state index is -0.306. The molecular weight excluding hydrogens is 292 g/mol. The van der Waals surface area contributed by atoms with Crippen molar-refractivity contribution in [3.05, 3.63) is 57.0 Å². The first-order chi connectivity index (χ1) is 10.1. The monoisotopic (exact) mass is 305 g/mol. The van der Waals surface area contributed by atoms with E-state index in [9.17, 15) is 10.1 Å². The first-order valence-corrected chi connectivity index (χ1v) is 6.97. The third kappa shape index (κ3) is 2.54. The van der Waals surface area contributed by atoms with E-state index in [4.69, 9.17) is 11.6 Å². The Kier molecular flexibility index (Phi) is 3.47. The van der Waals surface area contributed by atoms with E-state index in [0.717, 1.165) is 18.7 Å². The number of nitro groups is 1. The maximum atomic E-state index is 11.4. The van der Waals surface area contributed by atoms with Crippen LogP contribution >= 0.6 is 11.6 Å². The average molecular weight is 306 g/mol. The Balaban J connectivity index is 1.97. The molecule has 7 heteroatoms. The quantitative estimate of drug-likeness (QED) is 0.378. The highest BCUT2D eigenvalue weighted by molar-refractivity contribution is 6.29. The predicted molar refractivity (Wildman–Crippen MR) is 78.3 cm³/mol. The topological polar surface area (TPSA) is 63.1 Å². The fourth-order valence-electron chi connectivity index (χ4n) is 2.61. The van der Waals surface area contributed by atoms with E-state index in [1.165, 1.54) is 0 Å². The molecule has 0 atom stereocenters. The van der Waals surface area contributed by atoms with E-state index >= 15 is 0 Å². The number of fused-ring (bicyclic) bond motifs is 1. The van der Waals surface area contributed by atoms with E-state index in [2.05, 4.69) is 4.98 Å². The van der Waals surface area contributed by atoms with Gasteiger partial charge in [-0.1, -0.05) is 17.7 Å². The molecule has 0 amide bonds. The first kappa shape index (κ1) is 13.8. The standard InChI is InChI=1S/C14H14ClN4O2/c1-10-4-5-17-6-7-18(14(17)13(10)19(20)21)9-11-2-3-12(15)16-8-11/h2-5,8H,6-7,9H2,1H3/q+1. The normalized spacial score (nSPS) is 13.3. The van der Waals surface area contributed by atoms with Gasteiger partial charge in [-0.05, 0) is 19.1 Å². The van der Waals surface area contributed by atoms with Crippen LogP contribution in [0.5, 0.6) is 0 Å². The number of aryl methyl sites for hydroxylation is 1. The van der Waals surface area contributed by atoms with Crippen LogP contribution in [-0.2, 0) is 13.1 Å². The fraction of sp³-hybridized carbons (Fsp3) is 0.286. The maximum Gasteiger partial charge on any atom is 0.360 e. The summed E-state index contributed by atoms with van der Waals surface area (Å²) >= 11 is 5.78. The summed E-state index contributed by atoms with van der Waals surface area (Å²) in [4.78, 5) is 17.1. The SMILES string of the molecule is Cc1cc[n+]2c(c1[N+](=O)[O-])N(Cc1ccc(Cl)nc1)CC2. The highest BCUT2D eigenvalue weighted by Crippen LogP contribution is 2.31. The molecule has 0 radical (unpaired) electrons. The van der Waals surface area contributed by atoms with Gasteiger partial charge in [0, 0.05) is 17.3 Å². The molecule has 2 aromatic heterocycles. The zero-order valence-corrected chi connectivity index (χ0v) is 12.2. The molecule has 0 fully saturated rings. The number of rotatable bonds is 3. The molecule has 3 heterocycles. The lowest BCUT2D eigenvalue weighted by Gasteiger charge is -2.11. The van der Waals surface area contributed by atoms with Crippen LogP contribution in [0.2, 0.25) is 5.15 Å². The summed E-state index contributed by atoms with van der Waals surface area (Å²) < 4.78 is 1.93. The maximum absolute atomic E-state index is 11.4. The molecule has 1 aliphatic rings. The molecule has 0 unspecified atom stereocenters. The van der Waals surface area contributed by atoms with Gasteiger partial charge < -0.3 is 0 Å². The third-order valence-corrected chi connectivity index (χ3v) is 3.84. The molecule has 108 valence electrons. The molecule has 0 aromatic carbocycles. The summed E-state index contributed by atoms with van der Waals surface area (Å²) in [5, 5.41) is 11.8. The van der Waals surface area contributed by atoms with Crippen LogP contribution in [0.25, 0.3) is 0 Å². The Labute approximate surface area is 126 Å². The molecule has 0 saturated heterocycles. The number of anilines is 1. The Morgan fingerprint density at radius 2 is 2.29 bits per heavy atom. The second kappa shape index (κ2) is 5.29. The number of pyridine rings is 2. The van der Waals surface area contributed by atoms with Crippen LogP contribution in [0.3, 0.4) is 0 Å². The summed E-state index contributed by atoms with van der Waals surface area (Å²) in [6.45, 7) is 3.83. The predicted octanol–water partition coefficient (Wildman–Crippen LogP) is 2.26. The van der Waals surface area contributed by atoms with Crippen molar-refractivity contribution in [2.75, 3.05) is 11.4 Å². The second-order valence-corrected chi connectivity index (χ2v) is 5.42. The van der Waals surface area contributed by atoms with E-state index in [-0.39, 0.29) is 10.6 Å². The third-order valence-electron chi connectivity index (χ3n) is 3.62. The van der Waals surface area contributed by atoms with Gasteiger partial charge in [-0.2, -0.15) is 0 Å². The summed E-state index contributed by atoms with van der Waals surface area (Å²) in [7, 11) is 0.